The van der Waals surface area contributed by atoms with E-state index in [2.05, 4.69) is 52.8 Å². The molecule has 2 N–H and O–H groups in total. The van der Waals surface area contributed by atoms with Gasteiger partial charge >= 0.3 is 0 Å². The number of nitrogens with zero attached hydrogens (tertiary/aromatic N) is 2. The molecule has 7 heteroatoms. The monoisotopic (exact) mass is 433 g/mol. The number of aromatic nitrogens is 2. The van der Waals surface area contributed by atoms with Gasteiger partial charge in [-0.2, -0.15) is 0 Å². The summed E-state index contributed by atoms with van der Waals surface area (Å²) in [4.78, 5) is 4.46. The molecule has 0 saturated heterocycles. The zero-order chi connectivity index (χ0) is 12.9. The molecule has 0 aromatic carbocycles. The Morgan fingerprint density at radius 2 is 2.00 bits per heavy atom. The van der Waals surface area contributed by atoms with Crippen molar-refractivity contribution in [3.63, 3.8) is 0 Å². The number of furan rings is 1. The fraction of sp³-hybridized carbons (Fsp3) is 0. The standard InChI is InChI=1S/C11H6Br3N3O/c12-5-1-2-8-16-9(11(15)17(8)4-5)7-3-6(13)10(14)18-7/h1-4H,15H2. The van der Waals surface area contributed by atoms with Crippen LogP contribution in [0.1, 0.15) is 0 Å². The molecule has 3 aromatic heterocycles. The summed E-state index contributed by atoms with van der Waals surface area (Å²) in [5.74, 6) is 1.16. The van der Waals surface area contributed by atoms with Crippen molar-refractivity contribution in [3.8, 4) is 11.5 Å². The minimum absolute atomic E-state index is 0.542. The van der Waals surface area contributed by atoms with Gasteiger partial charge in [-0.25, -0.2) is 4.98 Å². The molecule has 4 nitrogen and oxygen atoms in total. The molecule has 0 spiro atoms. The number of pyridine rings is 1. The van der Waals surface area contributed by atoms with Crippen molar-refractivity contribution < 1.29 is 4.42 Å². The Kier molecular flexibility index (Phi) is 2.99. The average Bonchev–Trinajstić information content (AvgIpc) is 2.82. The first-order valence-electron chi connectivity index (χ1n) is 4.94. The van der Waals surface area contributed by atoms with Crippen LogP contribution in [0.3, 0.4) is 0 Å². The minimum atomic E-state index is 0.542. The van der Waals surface area contributed by atoms with Crippen molar-refractivity contribution in [2.75, 3.05) is 5.73 Å². The van der Waals surface area contributed by atoms with Crippen LogP contribution in [0.15, 0.2) is 42.4 Å². The quantitative estimate of drug-likeness (QED) is 0.613. The van der Waals surface area contributed by atoms with Gasteiger partial charge in [0.05, 0.1) is 4.47 Å². The van der Waals surface area contributed by atoms with Crippen LogP contribution in [-0.4, -0.2) is 9.38 Å². The molecule has 0 unspecified atom stereocenters. The third-order valence-electron chi connectivity index (χ3n) is 2.50. The summed E-state index contributed by atoms with van der Waals surface area (Å²) in [6, 6.07) is 5.63. The molecule has 0 bridgehead atoms. The molecule has 0 aliphatic rings. The van der Waals surface area contributed by atoms with Gasteiger partial charge in [-0.3, -0.25) is 4.40 Å². The summed E-state index contributed by atoms with van der Waals surface area (Å²) in [5.41, 5.74) is 7.49. The first-order chi connectivity index (χ1) is 8.56. The van der Waals surface area contributed by atoms with Gasteiger partial charge in [0.25, 0.3) is 0 Å². The van der Waals surface area contributed by atoms with Crippen molar-refractivity contribution in [1.29, 1.82) is 0 Å². The van der Waals surface area contributed by atoms with E-state index < -0.39 is 0 Å². The normalized spacial score (nSPS) is 11.3. The number of hydrogen-bond donors (Lipinski definition) is 1. The summed E-state index contributed by atoms with van der Waals surface area (Å²) >= 11 is 10.1. The second kappa shape index (κ2) is 4.40. The summed E-state index contributed by atoms with van der Waals surface area (Å²) in [5, 5.41) is 0. The number of anilines is 1. The van der Waals surface area contributed by atoms with E-state index >= 15 is 0 Å². The topological polar surface area (TPSA) is 56.5 Å². The molecule has 3 aromatic rings. The Balaban J connectivity index is 2.26. The zero-order valence-electron chi connectivity index (χ0n) is 8.82. The Bertz CT molecular complexity index is 728. The Morgan fingerprint density at radius 1 is 1.22 bits per heavy atom. The van der Waals surface area contributed by atoms with Crippen molar-refractivity contribution in [2.24, 2.45) is 0 Å². The molecule has 0 aliphatic heterocycles. The lowest BCUT2D eigenvalue weighted by atomic mass is 10.3. The molecule has 3 heterocycles. The number of rotatable bonds is 1. The average molecular weight is 436 g/mol. The third kappa shape index (κ3) is 1.90. The minimum Gasteiger partial charge on any atom is -0.446 e. The highest BCUT2D eigenvalue weighted by atomic mass is 79.9. The van der Waals surface area contributed by atoms with Crippen LogP contribution in [-0.2, 0) is 0 Å². The highest BCUT2D eigenvalue weighted by Crippen LogP contribution is 2.35. The molecular weight excluding hydrogens is 430 g/mol. The fourth-order valence-electron chi connectivity index (χ4n) is 1.68. The van der Waals surface area contributed by atoms with E-state index in [-0.39, 0.29) is 0 Å². The largest absolute Gasteiger partial charge is 0.446 e. The lowest BCUT2D eigenvalue weighted by Gasteiger charge is -1.97. The molecule has 0 radical (unpaired) electrons. The highest BCUT2D eigenvalue weighted by molar-refractivity contribution is 9.13. The Labute approximate surface area is 128 Å². The lowest BCUT2D eigenvalue weighted by Crippen LogP contribution is -1.93. The van der Waals surface area contributed by atoms with Crippen LogP contribution in [0.2, 0.25) is 0 Å². The number of fused-ring (bicyclic) bond motifs is 1. The van der Waals surface area contributed by atoms with Crippen molar-refractivity contribution in [1.82, 2.24) is 9.38 Å². The number of nitrogens with two attached hydrogens (primary N) is 1. The predicted octanol–water partition coefficient (Wildman–Crippen LogP) is 4.46. The zero-order valence-corrected chi connectivity index (χ0v) is 13.6. The van der Waals surface area contributed by atoms with Gasteiger partial charge in [-0.15, -0.1) is 0 Å². The molecular formula is C11H6Br3N3O. The second-order valence-corrected chi connectivity index (χ2v) is 6.14. The molecule has 0 aliphatic carbocycles. The molecule has 0 saturated carbocycles. The van der Waals surface area contributed by atoms with Crippen LogP contribution in [0.5, 0.6) is 0 Å². The van der Waals surface area contributed by atoms with Crippen LogP contribution in [0.25, 0.3) is 17.1 Å². The molecule has 0 atom stereocenters. The summed E-state index contributed by atoms with van der Waals surface area (Å²) in [7, 11) is 0. The van der Waals surface area contributed by atoms with Crippen molar-refractivity contribution >= 4 is 59.3 Å². The van der Waals surface area contributed by atoms with Crippen molar-refractivity contribution in [2.45, 2.75) is 0 Å². The summed E-state index contributed by atoms with van der Waals surface area (Å²) < 4.78 is 9.74. The van der Waals surface area contributed by atoms with Gasteiger partial charge in [0.1, 0.15) is 17.2 Å². The SMILES string of the molecule is Nc1c(-c2cc(Br)c(Br)o2)nc2ccc(Br)cn12. The van der Waals surface area contributed by atoms with Crippen LogP contribution < -0.4 is 5.73 Å². The van der Waals surface area contributed by atoms with E-state index in [1.807, 2.05) is 28.8 Å². The van der Waals surface area contributed by atoms with E-state index in [0.717, 1.165) is 14.6 Å². The maximum Gasteiger partial charge on any atom is 0.184 e. The molecule has 0 amide bonds. The summed E-state index contributed by atoms with van der Waals surface area (Å²) in [6.07, 6.45) is 1.87. The van der Waals surface area contributed by atoms with Crippen LogP contribution in [0, 0.1) is 0 Å². The van der Waals surface area contributed by atoms with Crippen molar-refractivity contribution in [3.05, 3.63) is 38.0 Å². The highest BCUT2D eigenvalue weighted by Gasteiger charge is 2.16. The van der Waals surface area contributed by atoms with E-state index in [9.17, 15) is 0 Å². The van der Waals surface area contributed by atoms with Gasteiger partial charge in [-0.05, 0) is 59.9 Å². The number of hydrogen-bond acceptors (Lipinski definition) is 3. The number of halogens is 3. The van der Waals surface area contributed by atoms with E-state index in [1.54, 1.807) is 0 Å². The van der Waals surface area contributed by atoms with E-state index in [0.29, 0.717) is 21.9 Å². The third-order valence-corrected chi connectivity index (χ3v) is 4.68. The molecule has 18 heavy (non-hydrogen) atoms. The van der Waals surface area contributed by atoms with E-state index in [4.69, 9.17) is 10.2 Å². The van der Waals surface area contributed by atoms with Gasteiger partial charge < -0.3 is 10.2 Å². The Hall–Kier alpha value is -0.790. The molecule has 3 rings (SSSR count). The first kappa shape index (κ1) is 12.3. The van der Waals surface area contributed by atoms with Gasteiger partial charge in [0.15, 0.2) is 10.4 Å². The van der Waals surface area contributed by atoms with Crippen LogP contribution >= 0.6 is 47.8 Å². The Morgan fingerprint density at radius 3 is 2.67 bits per heavy atom. The first-order valence-corrected chi connectivity index (χ1v) is 7.32. The van der Waals surface area contributed by atoms with Gasteiger partial charge in [0, 0.05) is 16.7 Å². The number of nitrogen functional groups attached to an aromatic ring is 1. The van der Waals surface area contributed by atoms with Gasteiger partial charge in [-0.1, -0.05) is 0 Å². The summed E-state index contributed by atoms with van der Waals surface area (Å²) in [6.45, 7) is 0. The lowest BCUT2D eigenvalue weighted by molar-refractivity contribution is 0.552. The molecule has 92 valence electrons. The fourth-order valence-corrected chi connectivity index (χ4v) is 2.60. The maximum absolute atomic E-state index is 6.09. The second-order valence-electron chi connectivity index (χ2n) is 3.65. The van der Waals surface area contributed by atoms with E-state index in [1.165, 1.54) is 0 Å². The van der Waals surface area contributed by atoms with Crippen LogP contribution in [0.4, 0.5) is 5.82 Å². The predicted molar refractivity (Wildman–Crippen MR) is 80.4 cm³/mol. The van der Waals surface area contributed by atoms with Gasteiger partial charge in [0.2, 0.25) is 0 Å². The maximum atomic E-state index is 6.09. The number of imidazole rings is 1. The molecule has 0 fully saturated rings. The smallest absolute Gasteiger partial charge is 0.184 e.